The number of benzene rings is 1. The molecule has 0 bridgehead atoms. The second-order valence-electron chi connectivity index (χ2n) is 8.99. The number of nitrogens with one attached hydrogen (secondary N) is 2. The number of anilines is 1. The van der Waals surface area contributed by atoms with Crippen LogP contribution in [0.1, 0.15) is 57.7 Å². The van der Waals surface area contributed by atoms with Gasteiger partial charge in [-0.2, -0.15) is 0 Å². The van der Waals surface area contributed by atoms with Crippen LogP contribution in [0, 0.1) is 10.8 Å². The Morgan fingerprint density at radius 1 is 1.18 bits per heavy atom. The highest BCUT2D eigenvalue weighted by molar-refractivity contribution is 6.10. The van der Waals surface area contributed by atoms with Crippen LogP contribution >= 0.6 is 0 Å². The first-order chi connectivity index (χ1) is 16.5. The number of carbonyl (C=O) groups is 2. The standard InChI is InChI=1S/C25H28N6O3/c1-34-19-9-11-29(12-10-19)24(32)16-5-8-20-17(13-16)14-30(25(20)33)22-4-2-3-21(28-22)23(27)31(15-26)18-6-7-18/h2-5,8,13,15,18-19,26-27H,6-7,9-12,14H2,1H3. The summed E-state index contributed by atoms with van der Waals surface area (Å²) in [6, 6.07) is 10.7. The molecule has 2 fully saturated rings. The lowest BCUT2D eigenvalue weighted by molar-refractivity contribution is 0.0350. The molecule has 2 amide bonds. The Morgan fingerprint density at radius 3 is 2.62 bits per heavy atom. The average molecular weight is 461 g/mol. The van der Waals surface area contributed by atoms with Crippen molar-refractivity contribution in [3.63, 3.8) is 0 Å². The quantitative estimate of drug-likeness (QED) is 0.508. The van der Waals surface area contributed by atoms with E-state index >= 15 is 0 Å². The summed E-state index contributed by atoms with van der Waals surface area (Å²) in [4.78, 5) is 35.7. The van der Waals surface area contributed by atoms with Crippen molar-refractivity contribution >= 4 is 29.8 Å². The fraction of sp³-hybridized carbons (Fsp3) is 0.400. The minimum atomic E-state index is -0.169. The summed E-state index contributed by atoms with van der Waals surface area (Å²) in [5.74, 6) is 0.424. The first kappa shape index (κ1) is 22.2. The van der Waals surface area contributed by atoms with Gasteiger partial charge in [-0.1, -0.05) is 6.07 Å². The Kier molecular flexibility index (Phi) is 5.87. The van der Waals surface area contributed by atoms with E-state index in [9.17, 15) is 9.59 Å². The molecule has 2 aromatic rings. The molecule has 1 aromatic carbocycles. The van der Waals surface area contributed by atoms with Gasteiger partial charge in [0.1, 0.15) is 11.5 Å². The van der Waals surface area contributed by atoms with Crippen molar-refractivity contribution in [1.29, 1.82) is 10.8 Å². The van der Waals surface area contributed by atoms with Gasteiger partial charge in [0, 0.05) is 37.4 Å². The molecule has 176 valence electrons. The summed E-state index contributed by atoms with van der Waals surface area (Å²) < 4.78 is 5.39. The number of hydrogen-bond acceptors (Lipinski definition) is 6. The summed E-state index contributed by atoms with van der Waals surface area (Å²) in [7, 11) is 1.70. The van der Waals surface area contributed by atoms with E-state index in [4.69, 9.17) is 15.6 Å². The van der Waals surface area contributed by atoms with E-state index in [2.05, 4.69) is 4.98 Å². The van der Waals surface area contributed by atoms with E-state index in [1.54, 1.807) is 47.2 Å². The minimum Gasteiger partial charge on any atom is -0.381 e. The monoisotopic (exact) mass is 460 g/mol. The minimum absolute atomic E-state index is 0.0244. The number of carbonyl (C=O) groups excluding carboxylic acids is 2. The number of likely N-dealkylation sites (tertiary alicyclic amines) is 1. The number of nitrogens with zero attached hydrogens (tertiary/aromatic N) is 4. The largest absolute Gasteiger partial charge is 0.381 e. The van der Waals surface area contributed by atoms with Gasteiger partial charge in [0.2, 0.25) is 0 Å². The number of methoxy groups -OCH3 is 1. The lowest BCUT2D eigenvalue weighted by atomic mass is 10.0. The van der Waals surface area contributed by atoms with Crippen molar-refractivity contribution in [2.45, 2.75) is 44.4 Å². The smallest absolute Gasteiger partial charge is 0.260 e. The molecule has 1 aliphatic carbocycles. The third kappa shape index (κ3) is 4.07. The number of amidine groups is 1. The zero-order chi connectivity index (χ0) is 23.8. The summed E-state index contributed by atoms with van der Waals surface area (Å²) in [5, 5.41) is 16.1. The van der Waals surface area contributed by atoms with Crippen LogP contribution in [0.2, 0.25) is 0 Å². The Bertz CT molecular complexity index is 1150. The van der Waals surface area contributed by atoms with Gasteiger partial charge in [0.15, 0.2) is 5.84 Å². The number of ether oxygens (including phenoxy) is 1. The molecule has 0 unspecified atom stereocenters. The van der Waals surface area contributed by atoms with Crippen LogP contribution in [0.3, 0.4) is 0 Å². The lowest BCUT2D eigenvalue weighted by Gasteiger charge is -2.31. The van der Waals surface area contributed by atoms with E-state index in [0.717, 1.165) is 31.2 Å². The van der Waals surface area contributed by atoms with Crippen molar-refractivity contribution < 1.29 is 14.3 Å². The fourth-order valence-electron chi connectivity index (χ4n) is 4.66. The van der Waals surface area contributed by atoms with Gasteiger partial charge >= 0.3 is 0 Å². The fourth-order valence-corrected chi connectivity index (χ4v) is 4.66. The molecule has 1 aromatic heterocycles. The maximum Gasteiger partial charge on any atom is 0.260 e. The molecular formula is C25H28N6O3. The van der Waals surface area contributed by atoms with Crippen molar-refractivity contribution in [3.8, 4) is 0 Å². The number of rotatable bonds is 6. The zero-order valence-electron chi connectivity index (χ0n) is 19.2. The molecule has 2 N–H and O–H groups in total. The molecule has 1 saturated heterocycles. The molecule has 5 rings (SSSR count). The number of fused-ring (bicyclic) bond motifs is 1. The maximum atomic E-state index is 13.1. The van der Waals surface area contributed by atoms with E-state index in [1.165, 1.54) is 6.34 Å². The number of pyridine rings is 1. The predicted molar refractivity (Wildman–Crippen MR) is 128 cm³/mol. The molecule has 3 heterocycles. The van der Waals surface area contributed by atoms with Crippen molar-refractivity contribution in [1.82, 2.24) is 14.8 Å². The second-order valence-corrected chi connectivity index (χ2v) is 8.99. The Hall–Kier alpha value is -3.59. The van der Waals surface area contributed by atoms with Gasteiger partial charge < -0.3 is 14.5 Å². The van der Waals surface area contributed by atoms with Crippen LogP contribution in [0.25, 0.3) is 0 Å². The molecule has 0 radical (unpaired) electrons. The van der Waals surface area contributed by atoms with E-state index < -0.39 is 0 Å². The Morgan fingerprint density at radius 2 is 1.94 bits per heavy atom. The van der Waals surface area contributed by atoms with Crippen LogP contribution in [0.4, 0.5) is 5.82 Å². The normalized spacial score (nSPS) is 18.1. The molecule has 34 heavy (non-hydrogen) atoms. The van der Waals surface area contributed by atoms with Crippen molar-refractivity contribution in [2.24, 2.45) is 0 Å². The van der Waals surface area contributed by atoms with Crippen LogP contribution in [0.15, 0.2) is 36.4 Å². The molecule has 9 nitrogen and oxygen atoms in total. The number of hydrogen-bond donors (Lipinski definition) is 2. The van der Waals surface area contributed by atoms with E-state index in [0.29, 0.717) is 42.3 Å². The first-order valence-corrected chi connectivity index (χ1v) is 11.6. The highest BCUT2D eigenvalue weighted by Gasteiger charge is 2.33. The molecule has 1 saturated carbocycles. The summed E-state index contributed by atoms with van der Waals surface area (Å²) in [6.07, 6.45) is 4.95. The predicted octanol–water partition coefficient (Wildman–Crippen LogP) is 2.89. The third-order valence-electron chi connectivity index (χ3n) is 6.81. The van der Waals surface area contributed by atoms with Gasteiger partial charge in [-0.15, -0.1) is 0 Å². The van der Waals surface area contributed by atoms with Gasteiger partial charge in [-0.25, -0.2) is 4.98 Å². The Labute approximate surface area is 198 Å². The zero-order valence-corrected chi connectivity index (χ0v) is 19.2. The first-order valence-electron chi connectivity index (χ1n) is 11.6. The molecule has 0 atom stereocenters. The molecule has 3 aliphatic rings. The number of amides is 2. The molecular weight excluding hydrogens is 432 g/mol. The summed E-state index contributed by atoms with van der Waals surface area (Å²) >= 11 is 0. The molecule has 0 spiro atoms. The summed E-state index contributed by atoms with van der Waals surface area (Å²) in [6.45, 7) is 1.65. The van der Waals surface area contributed by atoms with Gasteiger partial charge in [-0.05, 0) is 61.6 Å². The average Bonchev–Trinajstić information content (AvgIpc) is 3.66. The van der Waals surface area contributed by atoms with E-state index in [-0.39, 0.29) is 29.8 Å². The van der Waals surface area contributed by atoms with Crippen LogP contribution in [-0.4, -0.2) is 71.1 Å². The highest BCUT2D eigenvalue weighted by Crippen LogP contribution is 2.30. The third-order valence-corrected chi connectivity index (χ3v) is 6.81. The number of piperidine rings is 1. The van der Waals surface area contributed by atoms with Crippen LogP contribution < -0.4 is 4.90 Å². The Balaban J connectivity index is 1.33. The van der Waals surface area contributed by atoms with Gasteiger partial charge in [-0.3, -0.25) is 25.3 Å². The topological polar surface area (TPSA) is 114 Å². The second kappa shape index (κ2) is 8.98. The highest BCUT2D eigenvalue weighted by atomic mass is 16.5. The maximum absolute atomic E-state index is 13.1. The number of aromatic nitrogens is 1. The van der Waals surface area contributed by atoms with Crippen molar-refractivity contribution in [2.75, 3.05) is 25.1 Å². The SMILES string of the molecule is COC1CCN(C(=O)c2ccc3c(c2)CN(c2cccc(C(=N)N(C=N)C4CC4)n2)C3=O)CC1. The van der Waals surface area contributed by atoms with Crippen molar-refractivity contribution in [3.05, 3.63) is 58.8 Å². The summed E-state index contributed by atoms with van der Waals surface area (Å²) in [5.41, 5.74) is 2.37. The van der Waals surface area contributed by atoms with Gasteiger partial charge in [0.05, 0.1) is 19.0 Å². The van der Waals surface area contributed by atoms with Crippen LogP contribution in [0.5, 0.6) is 0 Å². The lowest BCUT2D eigenvalue weighted by Crippen LogP contribution is -2.40. The molecule has 9 heteroatoms. The van der Waals surface area contributed by atoms with E-state index in [1.807, 2.05) is 11.0 Å². The molecule has 2 aliphatic heterocycles. The van der Waals surface area contributed by atoms with Gasteiger partial charge in [0.25, 0.3) is 11.8 Å². The van der Waals surface area contributed by atoms with Crippen LogP contribution in [-0.2, 0) is 11.3 Å².